The predicted octanol–water partition coefficient (Wildman–Crippen LogP) is 4.81. The number of Topliss-reactive ketones (excluding diaryl/α,β-unsaturated/α-hetero) is 1. The first-order valence-electron chi connectivity index (χ1n) is 12.5. The molecule has 2 aliphatic heterocycles. The molecular formula is C26H27F4N5O3. The van der Waals surface area contributed by atoms with E-state index in [4.69, 9.17) is 4.74 Å². The summed E-state index contributed by atoms with van der Waals surface area (Å²) >= 11 is 0. The van der Waals surface area contributed by atoms with Crippen LogP contribution in [0, 0.1) is 11.7 Å². The smallest absolute Gasteiger partial charge is 0.416 e. The van der Waals surface area contributed by atoms with Gasteiger partial charge in [0.25, 0.3) is 0 Å². The van der Waals surface area contributed by atoms with Gasteiger partial charge in [-0.3, -0.25) is 9.89 Å². The summed E-state index contributed by atoms with van der Waals surface area (Å²) in [7, 11) is 0. The molecule has 2 saturated heterocycles. The van der Waals surface area contributed by atoms with Crippen molar-refractivity contribution < 1.29 is 31.9 Å². The quantitative estimate of drug-likeness (QED) is 0.374. The number of nitrogens with zero attached hydrogens (tertiary/aromatic N) is 4. The second kappa shape index (κ2) is 10.7. The number of likely N-dealkylation sites (tertiary alicyclic amines) is 2. The third kappa shape index (κ3) is 5.79. The lowest BCUT2D eigenvalue weighted by Gasteiger charge is -2.41. The summed E-state index contributed by atoms with van der Waals surface area (Å²) in [5, 5.41) is 10.5. The van der Waals surface area contributed by atoms with Crippen LogP contribution in [0.3, 0.4) is 0 Å². The molecule has 1 N–H and O–H groups in total. The summed E-state index contributed by atoms with van der Waals surface area (Å²) in [4.78, 5) is 29.4. The Morgan fingerprint density at radius 2 is 1.74 bits per heavy atom. The highest BCUT2D eigenvalue weighted by Gasteiger charge is 2.33. The number of alkyl halides is 3. The highest BCUT2D eigenvalue weighted by Crippen LogP contribution is 2.31. The van der Waals surface area contributed by atoms with Crippen molar-refractivity contribution in [3.05, 3.63) is 58.9 Å². The number of carbonyl (C=O) groups is 2. The summed E-state index contributed by atoms with van der Waals surface area (Å²) in [6.07, 6.45) is -2.34. The molecule has 2 fully saturated rings. The van der Waals surface area contributed by atoms with Gasteiger partial charge in [-0.25, -0.2) is 9.18 Å². The van der Waals surface area contributed by atoms with E-state index in [1.54, 1.807) is 12.1 Å². The zero-order chi connectivity index (χ0) is 26.9. The van der Waals surface area contributed by atoms with Crippen molar-refractivity contribution in [2.24, 2.45) is 5.92 Å². The molecule has 0 atom stereocenters. The number of benzene rings is 2. The summed E-state index contributed by atoms with van der Waals surface area (Å²) in [5.41, 5.74) is 0.922. The maximum absolute atomic E-state index is 13.6. The first kappa shape index (κ1) is 26.1. The van der Waals surface area contributed by atoms with E-state index in [1.807, 2.05) is 6.07 Å². The molecule has 2 aromatic carbocycles. The molecule has 2 aliphatic rings. The molecule has 0 radical (unpaired) electrons. The number of carbonyl (C=O) groups excluding carboxylic acids is 2. The van der Waals surface area contributed by atoms with Crippen molar-refractivity contribution in [3.63, 3.8) is 0 Å². The van der Waals surface area contributed by atoms with E-state index in [0.717, 1.165) is 56.4 Å². The van der Waals surface area contributed by atoms with Crippen LogP contribution in [0.1, 0.15) is 47.2 Å². The van der Waals surface area contributed by atoms with Crippen LogP contribution >= 0.6 is 0 Å². The highest BCUT2D eigenvalue weighted by atomic mass is 19.4. The van der Waals surface area contributed by atoms with Gasteiger partial charge >= 0.3 is 12.3 Å². The Labute approximate surface area is 215 Å². The molecule has 1 amide bonds. The topological polar surface area (TPSA) is 91.4 Å². The maximum atomic E-state index is 13.6. The number of rotatable bonds is 5. The largest absolute Gasteiger partial charge is 0.445 e. The van der Waals surface area contributed by atoms with Crippen LogP contribution < -0.4 is 0 Å². The predicted molar refractivity (Wildman–Crippen MR) is 129 cm³/mol. The van der Waals surface area contributed by atoms with Gasteiger partial charge < -0.3 is 14.5 Å². The van der Waals surface area contributed by atoms with Crippen LogP contribution in [0.2, 0.25) is 0 Å². The molecule has 1 aromatic heterocycles. The zero-order valence-corrected chi connectivity index (χ0v) is 20.5. The maximum Gasteiger partial charge on any atom is 0.416 e. The lowest BCUT2D eigenvalue weighted by molar-refractivity contribution is -0.137. The van der Waals surface area contributed by atoms with Crippen molar-refractivity contribution in [1.29, 1.82) is 0 Å². The van der Waals surface area contributed by atoms with Gasteiger partial charge in [0.05, 0.1) is 11.1 Å². The van der Waals surface area contributed by atoms with Gasteiger partial charge in [0.2, 0.25) is 0 Å². The van der Waals surface area contributed by atoms with Gasteiger partial charge in [0, 0.05) is 30.6 Å². The van der Waals surface area contributed by atoms with Crippen LogP contribution in [0.15, 0.2) is 36.4 Å². The fourth-order valence-corrected chi connectivity index (χ4v) is 5.30. The van der Waals surface area contributed by atoms with Crippen LogP contribution in [0.5, 0.6) is 0 Å². The van der Waals surface area contributed by atoms with E-state index in [0.29, 0.717) is 30.2 Å². The number of piperidine rings is 2. The minimum atomic E-state index is -4.68. The Hall–Kier alpha value is -3.54. The fraction of sp³-hybridized carbons (Fsp3) is 0.462. The van der Waals surface area contributed by atoms with Crippen molar-refractivity contribution >= 4 is 22.9 Å². The molecule has 8 nitrogen and oxygen atoms in total. The number of ether oxygens (including phenoxy) is 1. The number of nitrogens with one attached hydrogen (secondary N) is 1. The SMILES string of the molecule is O=C(c1ccc2[nH]nnc2c1)C1CCN(C2CCN(C(=O)OCc3cc(F)cc(C(F)(F)F)c3)CC2)CC1. The Morgan fingerprint density at radius 1 is 1.00 bits per heavy atom. The number of hydrogen-bond acceptors (Lipinski definition) is 6. The molecule has 3 heterocycles. The highest BCUT2D eigenvalue weighted by molar-refractivity contribution is 6.00. The van der Waals surface area contributed by atoms with Crippen LogP contribution in [0.25, 0.3) is 11.0 Å². The van der Waals surface area contributed by atoms with Crippen molar-refractivity contribution in [2.75, 3.05) is 26.2 Å². The van der Waals surface area contributed by atoms with Crippen LogP contribution in [-0.2, 0) is 17.5 Å². The van der Waals surface area contributed by atoms with Crippen molar-refractivity contribution in [1.82, 2.24) is 25.2 Å². The summed E-state index contributed by atoms with van der Waals surface area (Å²) in [6.45, 7) is 2.05. The Kier molecular flexibility index (Phi) is 7.33. The number of aromatic nitrogens is 3. The normalized spacial score (nSPS) is 18.2. The minimum absolute atomic E-state index is 0.0497. The molecule has 0 saturated carbocycles. The van der Waals surface area contributed by atoms with E-state index >= 15 is 0 Å². The molecule has 0 aliphatic carbocycles. The zero-order valence-electron chi connectivity index (χ0n) is 20.5. The summed E-state index contributed by atoms with van der Waals surface area (Å²) < 4.78 is 57.4. The summed E-state index contributed by atoms with van der Waals surface area (Å²) in [6, 6.07) is 7.78. The van der Waals surface area contributed by atoms with E-state index in [1.165, 1.54) is 4.90 Å². The number of halogens is 4. The summed E-state index contributed by atoms with van der Waals surface area (Å²) in [5.74, 6) is -0.965. The Morgan fingerprint density at radius 3 is 2.45 bits per heavy atom. The molecule has 202 valence electrons. The standard InChI is InChI=1S/C26H27F4N5O3/c27-20-12-16(11-19(14-20)26(28,29)30)15-38-25(37)35-9-5-21(6-10-35)34-7-3-17(4-8-34)24(36)18-1-2-22-23(13-18)32-33-31-22/h1-2,11-14,17,21H,3-10,15H2,(H,31,32,33). The van der Waals surface area contributed by atoms with Gasteiger partial charge in [-0.2, -0.15) is 13.2 Å². The first-order chi connectivity index (χ1) is 18.2. The number of amides is 1. The van der Waals surface area contributed by atoms with E-state index in [2.05, 4.69) is 20.3 Å². The van der Waals surface area contributed by atoms with Gasteiger partial charge in [-0.15, -0.1) is 5.10 Å². The molecular weight excluding hydrogens is 506 g/mol. The van der Waals surface area contributed by atoms with Crippen molar-refractivity contribution in [3.8, 4) is 0 Å². The molecule has 5 rings (SSSR count). The van der Waals surface area contributed by atoms with E-state index < -0.39 is 30.3 Å². The Balaban J connectivity index is 1.07. The van der Waals surface area contributed by atoms with Gasteiger partial charge in [-0.1, -0.05) is 5.21 Å². The molecule has 0 spiro atoms. The lowest BCUT2D eigenvalue weighted by atomic mass is 9.87. The first-order valence-corrected chi connectivity index (χ1v) is 12.5. The van der Waals surface area contributed by atoms with E-state index in [9.17, 15) is 27.2 Å². The lowest BCUT2D eigenvalue weighted by Crippen LogP contribution is -2.49. The molecule has 38 heavy (non-hydrogen) atoms. The van der Waals surface area contributed by atoms with Crippen LogP contribution in [-0.4, -0.2) is 69.3 Å². The third-order valence-electron chi connectivity index (χ3n) is 7.40. The molecule has 3 aromatic rings. The van der Waals surface area contributed by atoms with Gasteiger partial charge in [0.1, 0.15) is 17.9 Å². The average molecular weight is 534 g/mol. The molecule has 12 heteroatoms. The number of aromatic amines is 1. The van der Waals surface area contributed by atoms with Crippen LogP contribution in [0.4, 0.5) is 22.4 Å². The molecule has 0 bridgehead atoms. The minimum Gasteiger partial charge on any atom is -0.445 e. The number of hydrogen-bond donors (Lipinski definition) is 1. The monoisotopic (exact) mass is 533 g/mol. The van der Waals surface area contributed by atoms with E-state index in [-0.39, 0.29) is 23.3 Å². The number of H-pyrrole nitrogens is 1. The van der Waals surface area contributed by atoms with Gasteiger partial charge in [0.15, 0.2) is 5.78 Å². The molecule has 0 unspecified atom stereocenters. The average Bonchev–Trinajstić information content (AvgIpc) is 3.39. The fourth-order valence-electron chi connectivity index (χ4n) is 5.30. The second-order valence-corrected chi connectivity index (χ2v) is 9.84. The number of ketones is 1. The van der Waals surface area contributed by atoms with Crippen molar-refractivity contribution in [2.45, 2.75) is 44.5 Å². The van der Waals surface area contributed by atoms with Gasteiger partial charge in [-0.05, 0) is 80.7 Å². The number of fused-ring (bicyclic) bond motifs is 1. The second-order valence-electron chi connectivity index (χ2n) is 9.84. The Bertz CT molecular complexity index is 1310. The third-order valence-corrected chi connectivity index (χ3v) is 7.40.